The summed E-state index contributed by atoms with van der Waals surface area (Å²) in [6, 6.07) is 17.8. The molecule has 24 heavy (non-hydrogen) atoms. The molecular weight excluding hydrogens is 300 g/mol. The largest absolute Gasteiger partial charge is 0.481 e. The molecule has 0 saturated carbocycles. The highest BCUT2D eigenvalue weighted by atomic mass is 16.5. The van der Waals surface area contributed by atoms with Crippen LogP contribution in [0.15, 0.2) is 54.6 Å². The summed E-state index contributed by atoms with van der Waals surface area (Å²) in [4.78, 5) is 18.0. The van der Waals surface area contributed by atoms with Gasteiger partial charge in [-0.3, -0.25) is 4.79 Å². The molecular formula is C20H20N2O2. The fourth-order valence-corrected chi connectivity index (χ4v) is 3.39. The third-order valence-corrected chi connectivity index (χ3v) is 4.60. The number of nitrogens with one attached hydrogen (secondary N) is 1. The van der Waals surface area contributed by atoms with Gasteiger partial charge in [-0.15, -0.1) is 0 Å². The van der Waals surface area contributed by atoms with Gasteiger partial charge in [-0.05, 0) is 37.1 Å². The molecule has 1 unspecified atom stereocenters. The van der Waals surface area contributed by atoms with Gasteiger partial charge in [0.2, 0.25) is 0 Å². The summed E-state index contributed by atoms with van der Waals surface area (Å²) in [5, 5.41) is 1.27. The lowest BCUT2D eigenvalue weighted by Gasteiger charge is -2.29. The predicted molar refractivity (Wildman–Crippen MR) is 94.0 cm³/mol. The first-order valence-electron chi connectivity index (χ1n) is 8.31. The Labute approximate surface area is 141 Å². The molecule has 2 aromatic carbocycles. The van der Waals surface area contributed by atoms with Crippen LogP contribution in [0.3, 0.4) is 0 Å². The summed E-state index contributed by atoms with van der Waals surface area (Å²) in [5.41, 5.74) is 3.62. The molecule has 4 nitrogen and oxygen atoms in total. The van der Waals surface area contributed by atoms with Gasteiger partial charge in [-0.1, -0.05) is 36.4 Å². The molecule has 1 aromatic heterocycles. The second-order valence-corrected chi connectivity index (χ2v) is 6.21. The Morgan fingerprint density at radius 1 is 1.12 bits per heavy atom. The van der Waals surface area contributed by atoms with E-state index < -0.39 is 6.10 Å². The zero-order chi connectivity index (χ0) is 16.5. The van der Waals surface area contributed by atoms with Crippen LogP contribution in [0.2, 0.25) is 0 Å². The highest BCUT2D eigenvalue weighted by Crippen LogP contribution is 2.27. The van der Waals surface area contributed by atoms with Gasteiger partial charge in [0.15, 0.2) is 6.10 Å². The molecule has 4 rings (SSSR count). The number of ether oxygens (including phenoxy) is 1. The van der Waals surface area contributed by atoms with Crippen molar-refractivity contribution in [2.45, 2.75) is 26.0 Å². The number of amides is 1. The Bertz CT molecular complexity index is 870. The van der Waals surface area contributed by atoms with E-state index >= 15 is 0 Å². The highest BCUT2D eigenvalue weighted by molar-refractivity contribution is 5.86. The Kier molecular flexibility index (Phi) is 3.73. The van der Waals surface area contributed by atoms with Crippen LogP contribution in [0.1, 0.15) is 18.2 Å². The molecule has 0 aliphatic carbocycles. The lowest BCUT2D eigenvalue weighted by Crippen LogP contribution is -2.43. The number of H-pyrrole nitrogens is 1. The van der Waals surface area contributed by atoms with E-state index in [0.717, 1.165) is 29.9 Å². The summed E-state index contributed by atoms with van der Waals surface area (Å²) in [7, 11) is 0. The van der Waals surface area contributed by atoms with E-state index in [1.54, 1.807) is 0 Å². The van der Waals surface area contributed by atoms with Crippen molar-refractivity contribution in [3.63, 3.8) is 0 Å². The van der Waals surface area contributed by atoms with Crippen molar-refractivity contribution in [2.24, 2.45) is 0 Å². The smallest absolute Gasteiger partial charge is 0.263 e. The molecule has 1 amide bonds. The minimum atomic E-state index is -0.488. The molecule has 122 valence electrons. The molecule has 0 bridgehead atoms. The Morgan fingerprint density at radius 2 is 1.88 bits per heavy atom. The third-order valence-electron chi connectivity index (χ3n) is 4.60. The van der Waals surface area contributed by atoms with Crippen LogP contribution in [-0.2, 0) is 17.8 Å². The van der Waals surface area contributed by atoms with Gasteiger partial charge in [0.1, 0.15) is 5.75 Å². The van der Waals surface area contributed by atoms with Crippen LogP contribution < -0.4 is 4.74 Å². The first-order chi connectivity index (χ1) is 11.7. The molecule has 1 N–H and O–H groups in total. The number of carbonyl (C=O) groups is 1. The number of benzene rings is 2. The number of aromatic nitrogens is 1. The number of nitrogens with zero attached hydrogens (tertiary/aromatic N) is 1. The van der Waals surface area contributed by atoms with Gasteiger partial charge in [0.25, 0.3) is 5.91 Å². The topological polar surface area (TPSA) is 45.3 Å². The fourth-order valence-electron chi connectivity index (χ4n) is 3.39. The Balaban J connectivity index is 1.50. The third kappa shape index (κ3) is 2.64. The Hall–Kier alpha value is -2.75. The summed E-state index contributed by atoms with van der Waals surface area (Å²) in [6.07, 6.45) is 0.390. The molecule has 0 spiro atoms. The number of carbonyl (C=O) groups excluding carboxylic acids is 1. The minimum absolute atomic E-state index is 0.0307. The van der Waals surface area contributed by atoms with Crippen molar-refractivity contribution >= 4 is 16.8 Å². The van der Waals surface area contributed by atoms with Crippen molar-refractivity contribution in [1.82, 2.24) is 9.88 Å². The van der Waals surface area contributed by atoms with E-state index in [0.29, 0.717) is 6.54 Å². The van der Waals surface area contributed by atoms with Crippen molar-refractivity contribution in [3.05, 3.63) is 65.9 Å². The van der Waals surface area contributed by atoms with Crippen LogP contribution in [0.4, 0.5) is 0 Å². The van der Waals surface area contributed by atoms with Gasteiger partial charge in [0.05, 0.1) is 6.54 Å². The van der Waals surface area contributed by atoms with Gasteiger partial charge in [0, 0.05) is 23.1 Å². The molecule has 0 saturated heterocycles. The van der Waals surface area contributed by atoms with Crippen molar-refractivity contribution in [3.8, 4) is 5.75 Å². The van der Waals surface area contributed by atoms with Gasteiger partial charge < -0.3 is 14.6 Å². The molecule has 4 heteroatoms. The summed E-state index contributed by atoms with van der Waals surface area (Å²) in [5.74, 6) is 0.754. The Morgan fingerprint density at radius 3 is 2.71 bits per heavy atom. The van der Waals surface area contributed by atoms with Crippen LogP contribution in [-0.4, -0.2) is 28.4 Å². The molecule has 0 fully saturated rings. The normalized spacial score (nSPS) is 15.1. The molecule has 2 heterocycles. The number of hydrogen-bond donors (Lipinski definition) is 1. The quantitative estimate of drug-likeness (QED) is 0.802. The number of aromatic amines is 1. The van der Waals surface area contributed by atoms with Crippen molar-refractivity contribution in [2.75, 3.05) is 6.54 Å². The number of para-hydroxylation sites is 2. The maximum absolute atomic E-state index is 12.7. The number of rotatable bonds is 3. The SMILES string of the molecule is CC(Oc1ccccc1)C(=O)N1CCc2c([nH]c3ccccc23)C1. The van der Waals surface area contributed by atoms with Crippen LogP contribution in [0, 0.1) is 0 Å². The fraction of sp³-hybridized carbons (Fsp3) is 0.250. The van der Waals surface area contributed by atoms with Crippen LogP contribution in [0.5, 0.6) is 5.75 Å². The van der Waals surface area contributed by atoms with E-state index in [-0.39, 0.29) is 5.91 Å². The lowest BCUT2D eigenvalue weighted by molar-refractivity contribution is -0.138. The average molecular weight is 320 g/mol. The van der Waals surface area contributed by atoms with Gasteiger partial charge >= 0.3 is 0 Å². The maximum atomic E-state index is 12.7. The lowest BCUT2D eigenvalue weighted by atomic mass is 10.0. The van der Waals surface area contributed by atoms with Crippen LogP contribution >= 0.6 is 0 Å². The molecule has 0 radical (unpaired) electrons. The monoisotopic (exact) mass is 320 g/mol. The van der Waals surface area contributed by atoms with E-state index in [1.165, 1.54) is 10.9 Å². The first kappa shape index (κ1) is 14.8. The zero-order valence-corrected chi connectivity index (χ0v) is 13.7. The van der Waals surface area contributed by atoms with Gasteiger partial charge in [-0.25, -0.2) is 0 Å². The van der Waals surface area contributed by atoms with E-state index in [9.17, 15) is 4.79 Å². The summed E-state index contributed by atoms with van der Waals surface area (Å²) >= 11 is 0. The molecule has 3 aromatic rings. The summed E-state index contributed by atoms with van der Waals surface area (Å²) < 4.78 is 5.77. The first-order valence-corrected chi connectivity index (χ1v) is 8.31. The standard InChI is InChI=1S/C20H20N2O2/c1-14(24-15-7-3-2-4-8-15)20(23)22-12-11-17-16-9-5-6-10-18(16)21-19(17)13-22/h2-10,14,21H,11-13H2,1H3. The second-order valence-electron chi connectivity index (χ2n) is 6.21. The number of hydrogen-bond acceptors (Lipinski definition) is 2. The average Bonchev–Trinajstić information content (AvgIpc) is 2.99. The highest BCUT2D eigenvalue weighted by Gasteiger charge is 2.27. The second kappa shape index (κ2) is 6.04. The molecule has 1 aliphatic rings. The van der Waals surface area contributed by atoms with Crippen LogP contribution in [0.25, 0.3) is 10.9 Å². The minimum Gasteiger partial charge on any atom is -0.481 e. The molecule has 1 aliphatic heterocycles. The zero-order valence-electron chi connectivity index (χ0n) is 13.7. The van der Waals surface area contributed by atoms with Crippen molar-refractivity contribution in [1.29, 1.82) is 0 Å². The van der Waals surface area contributed by atoms with E-state index in [1.807, 2.05) is 48.2 Å². The maximum Gasteiger partial charge on any atom is 0.263 e. The summed E-state index contributed by atoms with van der Waals surface area (Å²) in [6.45, 7) is 3.16. The van der Waals surface area contributed by atoms with Crippen molar-refractivity contribution < 1.29 is 9.53 Å². The number of fused-ring (bicyclic) bond motifs is 3. The molecule has 1 atom stereocenters. The predicted octanol–water partition coefficient (Wildman–Crippen LogP) is 3.52. The van der Waals surface area contributed by atoms with E-state index in [4.69, 9.17) is 4.74 Å². The van der Waals surface area contributed by atoms with E-state index in [2.05, 4.69) is 23.2 Å². The van der Waals surface area contributed by atoms with Gasteiger partial charge in [-0.2, -0.15) is 0 Å².